The second kappa shape index (κ2) is 36.9. The first-order chi connectivity index (χ1) is 22.1. The zero-order valence-corrected chi connectivity index (χ0v) is 30.7. The molecule has 0 spiro atoms. The van der Waals surface area contributed by atoms with E-state index in [0.717, 1.165) is 25.9 Å². The van der Waals surface area contributed by atoms with Crippen molar-refractivity contribution in [3.05, 3.63) is 12.2 Å². The Kier molecular flexibility index (Phi) is 35.7. The van der Waals surface area contributed by atoms with Crippen molar-refractivity contribution in [3.63, 3.8) is 0 Å². The number of unbranched alkanes of at least 4 members (excludes halogenated alkanes) is 27. The summed E-state index contributed by atoms with van der Waals surface area (Å²) in [6.07, 6.45) is 45.4. The fraction of sp³-hybridized carbons (Fsp3) is 0.900. The molecule has 4 N–H and O–H groups in total. The summed E-state index contributed by atoms with van der Waals surface area (Å²) < 4.78 is 0. The molecular formula is C40H80N4O. The second-order valence-electron chi connectivity index (χ2n) is 13.7. The Morgan fingerprint density at radius 2 is 0.800 bits per heavy atom. The van der Waals surface area contributed by atoms with E-state index in [-0.39, 0.29) is 11.9 Å². The van der Waals surface area contributed by atoms with E-state index in [1.54, 1.807) is 0 Å². The first-order valence-corrected chi connectivity index (χ1v) is 20.1. The smallest absolute Gasteiger partial charge is 0.224 e. The number of allylic oxidation sites excluding steroid dienone is 2. The SMILES string of the molecule is CCCCCCCCC=CCCCCCCCCN(CCCCCCCCCCCCCCCCCC)C(=O)CCN=C(N)N. The first-order valence-electron chi connectivity index (χ1n) is 20.1. The van der Waals surface area contributed by atoms with Gasteiger partial charge in [-0.15, -0.1) is 0 Å². The van der Waals surface area contributed by atoms with E-state index < -0.39 is 0 Å². The molecule has 0 saturated carbocycles. The van der Waals surface area contributed by atoms with E-state index in [9.17, 15) is 4.79 Å². The lowest BCUT2D eigenvalue weighted by atomic mass is 10.0. The summed E-state index contributed by atoms with van der Waals surface area (Å²) in [6, 6.07) is 0. The number of guanidine groups is 1. The van der Waals surface area contributed by atoms with E-state index in [1.807, 2.05) is 0 Å². The van der Waals surface area contributed by atoms with Gasteiger partial charge < -0.3 is 16.4 Å². The van der Waals surface area contributed by atoms with Gasteiger partial charge in [0.1, 0.15) is 0 Å². The molecule has 0 aromatic heterocycles. The van der Waals surface area contributed by atoms with Gasteiger partial charge >= 0.3 is 0 Å². The van der Waals surface area contributed by atoms with Gasteiger partial charge in [0.15, 0.2) is 5.96 Å². The number of amides is 1. The molecule has 0 rings (SSSR count). The minimum atomic E-state index is 0.0699. The second-order valence-corrected chi connectivity index (χ2v) is 13.7. The average Bonchev–Trinajstić information content (AvgIpc) is 3.03. The van der Waals surface area contributed by atoms with Crippen molar-refractivity contribution in [1.82, 2.24) is 4.90 Å². The Hall–Kier alpha value is -1.52. The number of nitrogens with two attached hydrogens (primary N) is 2. The molecule has 266 valence electrons. The number of hydrogen-bond acceptors (Lipinski definition) is 2. The Morgan fingerprint density at radius 1 is 0.489 bits per heavy atom. The number of hydrogen-bond donors (Lipinski definition) is 2. The first kappa shape index (κ1) is 43.5. The van der Waals surface area contributed by atoms with Crippen LogP contribution in [0, 0.1) is 0 Å². The fourth-order valence-corrected chi connectivity index (χ4v) is 6.20. The van der Waals surface area contributed by atoms with E-state index in [4.69, 9.17) is 11.5 Å². The zero-order valence-electron chi connectivity index (χ0n) is 30.7. The number of aliphatic imine (C=N–C) groups is 1. The van der Waals surface area contributed by atoms with E-state index >= 15 is 0 Å². The molecule has 0 aromatic rings. The largest absolute Gasteiger partial charge is 0.370 e. The third-order valence-corrected chi connectivity index (χ3v) is 9.19. The predicted octanol–water partition coefficient (Wildman–Crippen LogP) is 11.8. The van der Waals surface area contributed by atoms with Crippen LogP contribution in [0.3, 0.4) is 0 Å². The monoisotopic (exact) mass is 633 g/mol. The quantitative estimate of drug-likeness (QED) is 0.0312. The molecule has 0 bridgehead atoms. The molecule has 0 aromatic carbocycles. The van der Waals surface area contributed by atoms with Gasteiger partial charge in [-0.1, -0.05) is 180 Å². The van der Waals surface area contributed by atoms with Gasteiger partial charge in [0.25, 0.3) is 0 Å². The lowest BCUT2D eigenvalue weighted by Gasteiger charge is -2.22. The molecule has 0 unspecified atom stereocenters. The highest BCUT2D eigenvalue weighted by Gasteiger charge is 2.12. The minimum absolute atomic E-state index is 0.0699. The van der Waals surface area contributed by atoms with Crippen LogP contribution < -0.4 is 11.5 Å². The highest BCUT2D eigenvalue weighted by molar-refractivity contribution is 5.78. The van der Waals surface area contributed by atoms with Crippen LogP contribution in [-0.2, 0) is 4.79 Å². The number of carbonyl (C=O) groups is 1. The van der Waals surface area contributed by atoms with Crippen LogP contribution in [-0.4, -0.2) is 36.4 Å². The molecular weight excluding hydrogens is 552 g/mol. The maximum absolute atomic E-state index is 12.9. The van der Waals surface area contributed by atoms with E-state index in [0.29, 0.717) is 13.0 Å². The van der Waals surface area contributed by atoms with Gasteiger partial charge in [-0.2, -0.15) is 0 Å². The standard InChI is InChI=1S/C40H80N4O/c1-3-5-7-9-11-13-15-17-19-21-23-25-27-29-31-33-37-44(39(45)35-36-43-40(41)42)38-34-32-30-28-26-24-22-20-18-16-14-12-10-8-6-4-2/h17,19H,3-16,18,20-38H2,1-2H3,(H4,41,42,43). The molecule has 0 radical (unpaired) electrons. The van der Waals surface area contributed by atoms with Gasteiger partial charge in [0, 0.05) is 19.5 Å². The predicted molar refractivity (Wildman–Crippen MR) is 201 cm³/mol. The summed E-state index contributed by atoms with van der Waals surface area (Å²) in [5, 5.41) is 0. The fourth-order valence-electron chi connectivity index (χ4n) is 6.20. The molecule has 0 aliphatic heterocycles. The minimum Gasteiger partial charge on any atom is -0.370 e. The molecule has 0 fully saturated rings. The molecule has 0 aliphatic rings. The van der Waals surface area contributed by atoms with Crippen molar-refractivity contribution in [2.24, 2.45) is 16.5 Å². The molecule has 0 heterocycles. The summed E-state index contributed by atoms with van der Waals surface area (Å²) in [7, 11) is 0. The summed E-state index contributed by atoms with van der Waals surface area (Å²) in [5.74, 6) is 0.272. The van der Waals surface area contributed by atoms with Crippen molar-refractivity contribution in [3.8, 4) is 0 Å². The van der Waals surface area contributed by atoms with E-state index in [1.165, 1.54) is 180 Å². The number of nitrogens with zero attached hydrogens (tertiary/aromatic N) is 2. The maximum Gasteiger partial charge on any atom is 0.224 e. The molecule has 45 heavy (non-hydrogen) atoms. The van der Waals surface area contributed by atoms with Crippen molar-refractivity contribution in [1.29, 1.82) is 0 Å². The topological polar surface area (TPSA) is 84.7 Å². The Bertz CT molecular complexity index is 659. The van der Waals surface area contributed by atoms with Crippen molar-refractivity contribution in [2.45, 2.75) is 213 Å². The maximum atomic E-state index is 12.9. The molecule has 0 saturated heterocycles. The summed E-state index contributed by atoms with van der Waals surface area (Å²) >= 11 is 0. The highest BCUT2D eigenvalue weighted by atomic mass is 16.2. The van der Waals surface area contributed by atoms with Gasteiger partial charge in [-0.3, -0.25) is 9.79 Å². The zero-order chi connectivity index (χ0) is 32.9. The van der Waals surface area contributed by atoms with Crippen molar-refractivity contribution in [2.75, 3.05) is 19.6 Å². The average molecular weight is 633 g/mol. The summed E-state index contributed by atoms with van der Waals surface area (Å²) in [5.41, 5.74) is 10.9. The number of rotatable bonds is 36. The van der Waals surface area contributed by atoms with Gasteiger partial charge in [-0.25, -0.2) is 0 Å². The third kappa shape index (κ3) is 35.2. The lowest BCUT2D eigenvalue weighted by molar-refractivity contribution is -0.131. The third-order valence-electron chi connectivity index (χ3n) is 9.19. The molecule has 5 heteroatoms. The van der Waals surface area contributed by atoms with Crippen LogP contribution in [0.5, 0.6) is 0 Å². The molecule has 0 atom stereocenters. The van der Waals surface area contributed by atoms with Crippen molar-refractivity contribution < 1.29 is 4.79 Å². The van der Waals surface area contributed by atoms with Crippen LogP contribution in [0.1, 0.15) is 213 Å². The Balaban J connectivity index is 3.88. The summed E-state index contributed by atoms with van der Waals surface area (Å²) in [4.78, 5) is 19.0. The molecule has 0 aliphatic carbocycles. The van der Waals surface area contributed by atoms with Gasteiger partial charge in [0.05, 0.1) is 6.54 Å². The normalized spacial score (nSPS) is 11.4. The molecule has 5 nitrogen and oxygen atoms in total. The van der Waals surface area contributed by atoms with Crippen molar-refractivity contribution >= 4 is 11.9 Å². The summed E-state index contributed by atoms with van der Waals surface area (Å²) in [6.45, 7) is 6.72. The Labute approximate surface area is 282 Å². The highest BCUT2D eigenvalue weighted by Crippen LogP contribution is 2.15. The number of carbonyl (C=O) groups excluding carboxylic acids is 1. The van der Waals surface area contributed by atoms with Gasteiger partial charge in [0.2, 0.25) is 5.91 Å². The van der Waals surface area contributed by atoms with Crippen LogP contribution in [0.4, 0.5) is 0 Å². The van der Waals surface area contributed by atoms with Gasteiger partial charge in [-0.05, 0) is 38.5 Å². The van der Waals surface area contributed by atoms with E-state index in [2.05, 4.69) is 35.9 Å². The lowest BCUT2D eigenvalue weighted by Crippen LogP contribution is -2.33. The van der Waals surface area contributed by atoms with Crippen LogP contribution in [0.2, 0.25) is 0 Å². The van der Waals surface area contributed by atoms with Crippen LogP contribution >= 0.6 is 0 Å². The van der Waals surface area contributed by atoms with Crippen LogP contribution in [0.15, 0.2) is 17.1 Å². The Morgan fingerprint density at radius 3 is 1.13 bits per heavy atom. The molecule has 1 amide bonds. The van der Waals surface area contributed by atoms with Crippen LogP contribution in [0.25, 0.3) is 0 Å².